The number of carbonyl (C=O) groups is 2. The van der Waals surface area contributed by atoms with Crippen LogP contribution in [0.3, 0.4) is 0 Å². The lowest BCUT2D eigenvalue weighted by Gasteiger charge is -2.18. The first-order chi connectivity index (χ1) is 14.6. The number of hydrogen-bond donors (Lipinski definition) is 1. The number of benzene rings is 2. The molecule has 1 amide bonds. The lowest BCUT2D eigenvalue weighted by molar-refractivity contribution is -0.384. The highest BCUT2D eigenvalue weighted by Gasteiger charge is 2.23. The van der Waals surface area contributed by atoms with Crippen LogP contribution in [0.15, 0.2) is 53.4 Å². The van der Waals surface area contributed by atoms with Gasteiger partial charge in [-0.05, 0) is 37.3 Å². The van der Waals surface area contributed by atoms with Crippen molar-refractivity contribution in [3.05, 3.63) is 64.2 Å². The van der Waals surface area contributed by atoms with Gasteiger partial charge >= 0.3 is 5.97 Å². The lowest BCUT2D eigenvalue weighted by Crippen LogP contribution is -2.31. The minimum absolute atomic E-state index is 0.0456. The minimum atomic E-state index is -3.66. The number of rotatable bonds is 9. The molecule has 0 fully saturated rings. The fraction of sp³-hybridized carbons (Fsp3) is 0.300. The van der Waals surface area contributed by atoms with Crippen LogP contribution in [-0.2, 0) is 19.6 Å². The largest absolute Gasteiger partial charge is 0.449 e. The third-order valence-electron chi connectivity index (χ3n) is 4.41. The Bertz CT molecular complexity index is 1060. The fourth-order valence-electron chi connectivity index (χ4n) is 2.70. The molecule has 2 aromatic carbocycles. The molecule has 1 unspecified atom stereocenters. The predicted molar refractivity (Wildman–Crippen MR) is 113 cm³/mol. The van der Waals surface area contributed by atoms with Gasteiger partial charge in [-0.3, -0.25) is 14.9 Å². The number of nitrogens with zero attached hydrogens (tertiary/aromatic N) is 2. The zero-order valence-electron chi connectivity index (χ0n) is 17.3. The first kappa shape index (κ1) is 24.0. The zero-order chi connectivity index (χ0) is 23.2. The molecule has 1 N–H and O–H groups in total. The summed E-state index contributed by atoms with van der Waals surface area (Å²) in [5, 5.41) is 13.3. The molecule has 0 radical (unpaired) electrons. The van der Waals surface area contributed by atoms with Crippen LogP contribution < -0.4 is 5.32 Å². The van der Waals surface area contributed by atoms with E-state index in [1.165, 1.54) is 59.8 Å². The van der Waals surface area contributed by atoms with Gasteiger partial charge in [0.2, 0.25) is 10.0 Å². The number of non-ortho nitro benzene ring substituents is 1. The summed E-state index contributed by atoms with van der Waals surface area (Å²) >= 11 is 0. The minimum Gasteiger partial charge on any atom is -0.449 e. The molecule has 0 spiro atoms. The van der Waals surface area contributed by atoms with E-state index in [9.17, 15) is 28.1 Å². The van der Waals surface area contributed by atoms with E-state index in [1.54, 1.807) is 13.8 Å². The van der Waals surface area contributed by atoms with Crippen LogP contribution in [0, 0.1) is 10.1 Å². The van der Waals surface area contributed by atoms with Gasteiger partial charge in [-0.15, -0.1) is 0 Å². The van der Waals surface area contributed by atoms with E-state index in [1.807, 2.05) is 0 Å². The molecule has 2 aromatic rings. The van der Waals surface area contributed by atoms with Crippen LogP contribution in [0.2, 0.25) is 0 Å². The van der Waals surface area contributed by atoms with Crippen molar-refractivity contribution in [2.75, 3.05) is 18.4 Å². The van der Waals surface area contributed by atoms with E-state index in [2.05, 4.69) is 5.32 Å². The third-order valence-corrected chi connectivity index (χ3v) is 6.47. The molecule has 0 heterocycles. The fourth-order valence-corrected chi connectivity index (χ4v) is 4.16. The van der Waals surface area contributed by atoms with Gasteiger partial charge in [0, 0.05) is 30.9 Å². The van der Waals surface area contributed by atoms with Crippen molar-refractivity contribution in [1.82, 2.24) is 4.31 Å². The number of nitrogens with one attached hydrogen (secondary N) is 1. The van der Waals surface area contributed by atoms with Crippen molar-refractivity contribution in [2.24, 2.45) is 0 Å². The first-order valence-electron chi connectivity index (χ1n) is 9.46. The summed E-state index contributed by atoms with van der Waals surface area (Å²) in [4.78, 5) is 34.8. The SMILES string of the molecule is CCN(CC)S(=O)(=O)c1ccc(C(=O)OC(C)C(=O)Nc2cccc([N+](=O)[O-])c2)cc1. The molecule has 166 valence electrons. The van der Waals surface area contributed by atoms with Gasteiger partial charge in [-0.1, -0.05) is 19.9 Å². The summed E-state index contributed by atoms with van der Waals surface area (Å²) < 4.78 is 31.4. The molecule has 0 aliphatic heterocycles. The Morgan fingerprint density at radius 3 is 2.29 bits per heavy atom. The molecule has 0 aromatic heterocycles. The van der Waals surface area contributed by atoms with Gasteiger partial charge < -0.3 is 10.1 Å². The predicted octanol–water partition coefficient (Wildman–Crippen LogP) is 2.81. The van der Waals surface area contributed by atoms with Gasteiger partial charge in [0.1, 0.15) is 0 Å². The van der Waals surface area contributed by atoms with Gasteiger partial charge in [0.05, 0.1) is 15.4 Å². The Kier molecular flexibility index (Phi) is 7.83. The van der Waals surface area contributed by atoms with Gasteiger partial charge in [-0.25, -0.2) is 13.2 Å². The Labute approximate surface area is 180 Å². The summed E-state index contributed by atoms with van der Waals surface area (Å²) in [5.74, 6) is -1.48. The maximum absolute atomic E-state index is 12.5. The Morgan fingerprint density at radius 2 is 1.74 bits per heavy atom. The number of hydrogen-bond acceptors (Lipinski definition) is 7. The molecule has 11 heteroatoms. The van der Waals surface area contributed by atoms with E-state index in [0.717, 1.165) is 0 Å². The van der Waals surface area contributed by atoms with Crippen molar-refractivity contribution in [2.45, 2.75) is 31.8 Å². The lowest BCUT2D eigenvalue weighted by atomic mass is 10.2. The molecule has 31 heavy (non-hydrogen) atoms. The first-order valence-corrected chi connectivity index (χ1v) is 10.9. The summed E-state index contributed by atoms with van der Waals surface area (Å²) in [7, 11) is -3.66. The highest BCUT2D eigenvalue weighted by molar-refractivity contribution is 7.89. The highest BCUT2D eigenvalue weighted by atomic mass is 32.2. The van der Waals surface area contributed by atoms with E-state index >= 15 is 0 Å². The average Bonchev–Trinajstić information content (AvgIpc) is 2.74. The second kappa shape index (κ2) is 10.1. The number of ether oxygens (including phenoxy) is 1. The zero-order valence-corrected chi connectivity index (χ0v) is 18.1. The molecule has 2 rings (SSSR count). The molecule has 0 aliphatic carbocycles. The Balaban J connectivity index is 2.05. The van der Waals surface area contributed by atoms with Gasteiger partial charge in [0.25, 0.3) is 11.6 Å². The molecular weight excluding hydrogens is 426 g/mol. The van der Waals surface area contributed by atoms with Crippen LogP contribution in [0.1, 0.15) is 31.1 Å². The highest BCUT2D eigenvalue weighted by Crippen LogP contribution is 2.19. The number of anilines is 1. The molecule has 0 aliphatic rings. The maximum Gasteiger partial charge on any atom is 0.338 e. The molecule has 0 saturated carbocycles. The Morgan fingerprint density at radius 1 is 1.13 bits per heavy atom. The quantitative estimate of drug-likeness (QED) is 0.353. The summed E-state index contributed by atoms with van der Waals surface area (Å²) in [6.07, 6.45) is -1.19. The monoisotopic (exact) mass is 449 g/mol. The van der Waals surface area contributed by atoms with E-state index < -0.39 is 32.9 Å². The standard InChI is InChI=1S/C20H23N3O7S/c1-4-22(5-2)31(28,29)18-11-9-15(10-12-18)20(25)30-14(3)19(24)21-16-7-6-8-17(13-16)23(26)27/h6-14H,4-5H2,1-3H3,(H,21,24). The third kappa shape index (κ3) is 5.86. The second-order valence-electron chi connectivity index (χ2n) is 6.46. The molecule has 10 nitrogen and oxygen atoms in total. The normalized spacial score (nSPS) is 12.3. The van der Waals surface area contributed by atoms with Crippen molar-refractivity contribution in [1.29, 1.82) is 0 Å². The van der Waals surface area contributed by atoms with E-state index in [0.29, 0.717) is 13.1 Å². The number of carbonyl (C=O) groups excluding carboxylic acids is 2. The van der Waals surface area contributed by atoms with E-state index in [-0.39, 0.29) is 21.8 Å². The number of amides is 1. The molecule has 0 bridgehead atoms. The van der Waals surface area contributed by atoms with Crippen molar-refractivity contribution < 1.29 is 27.7 Å². The van der Waals surface area contributed by atoms with Gasteiger partial charge in [-0.2, -0.15) is 4.31 Å². The molecule has 1 atom stereocenters. The van der Waals surface area contributed by atoms with Crippen LogP contribution in [0.4, 0.5) is 11.4 Å². The Hall–Kier alpha value is -3.31. The number of nitro groups is 1. The van der Waals surface area contributed by atoms with Crippen LogP contribution in [0.5, 0.6) is 0 Å². The summed E-state index contributed by atoms with van der Waals surface area (Å²) in [6.45, 7) is 5.45. The molecular formula is C20H23N3O7S. The van der Waals surface area contributed by atoms with Crippen molar-refractivity contribution in [3.63, 3.8) is 0 Å². The van der Waals surface area contributed by atoms with E-state index in [4.69, 9.17) is 4.74 Å². The van der Waals surface area contributed by atoms with Crippen molar-refractivity contribution >= 4 is 33.3 Å². The van der Waals surface area contributed by atoms with Crippen molar-refractivity contribution in [3.8, 4) is 0 Å². The number of esters is 1. The van der Waals surface area contributed by atoms with Crippen LogP contribution in [-0.4, -0.2) is 48.7 Å². The maximum atomic E-state index is 12.5. The topological polar surface area (TPSA) is 136 Å². The van der Waals surface area contributed by atoms with Crippen LogP contribution >= 0.6 is 0 Å². The number of nitro benzene ring substituents is 1. The molecule has 0 saturated heterocycles. The van der Waals surface area contributed by atoms with Gasteiger partial charge in [0.15, 0.2) is 6.10 Å². The summed E-state index contributed by atoms with van der Waals surface area (Å²) in [6, 6.07) is 10.6. The average molecular weight is 449 g/mol. The second-order valence-corrected chi connectivity index (χ2v) is 8.40. The summed E-state index contributed by atoms with van der Waals surface area (Å²) in [5.41, 5.74) is 0.0729. The van der Waals surface area contributed by atoms with Crippen LogP contribution in [0.25, 0.3) is 0 Å². The number of sulfonamides is 1. The smallest absolute Gasteiger partial charge is 0.338 e.